The van der Waals surface area contributed by atoms with Crippen LogP contribution in [0.2, 0.25) is 0 Å². The predicted octanol–water partition coefficient (Wildman–Crippen LogP) is 2.82. The summed E-state index contributed by atoms with van der Waals surface area (Å²) in [6, 6.07) is 8.57. The van der Waals surface area contributed by atoms with Crippen LogP contribution in [0.4, 0.5) is 13.2 Å². The van der Waals surface area contributed by atoms with E-state index in [1.54, 1.807) is 18.2 Å². The van der Waals surface area contributed by atoms with Crippen molar-refractivity contribution >= 4 is 0 Å². The van der Waals surface area contributed by atoms with Gasteiger partial charge in [-0.1, -0.05) is 30.3 Å². The third kappa shape index (κ3) is 4.19. The monoisotopic (exact) mass is 297 g/mol. The highest BCUT2D eigenvalue weighted by molar-refractivity contribution is 5.20. The maximum absolute atomic E-state index is 13.4. The maximum atomic E-state index is 13.4. The van der Waals surface area contributed by atoms with E-state index >= 15 is 0 Å². The van der Waals surface area contributed by atoms with Crippen LogP contribution in [0.25, 0.3) is 0 Å². The van der Waals surface area contributed by atoms with Crippen molar-refractivity contribution in [3.8, 4) is 6.07 Å². The van der Waals surface area contributed by atoms with Crippen LogP contribution in [0.5, 0.6) is 0 Å². The van der Waals surface area contributed by atoms with E-state index in [1.165, 1.54) is 17.0 Å². The number of nitriles is 1. The van der Waals surface area contributed by atoms with Gasteiger partial charge in [0, 0.05) is 39.1 Å². The van der Waals surface area contributed by atoms with Gasteiger partial charge in [0.1, 0.15) is 6.04 Å². The van der Waals surface area contributed by atoms with Crippen LogP contribution in [0, 0.1) is 11.3 Å². The molecule has 1 aliphatic heterocycles. The van der Waals surface area contributed by atoms with Crippen LogP contribution < -0.4 is 0 Å². The molecule has 1 fully saturated rings. The summed E-state index contributed by atoms with van der Waals surface area (Å²) in [7, 11) is 0. The normalized spacial score (nSPS) is 19.1. The van der Waals surface area contributed by atoms with Crippen molar-refractivity contribution in [1.29, 1.82) is 5.26 Å². The molecule has 0 aromatic heterocycles. The number of alkyl halides is 3. The third-order valence-electron chi connectivity index (χ3n) is 3.74. The first-order chi connectivity index (χ1) is 10.0. The van der Waals surface area contributed by atoms with Gasteiger partial charge >= 0.3 is 6.18 Å². The molecule has 1 atom stereocenters. The summed E-state index contributed by atoms with van der Waals surface area (Å²) in [6.45, 7) is 2.50. The topological polar surface area (TPSA) is 30.3 Å². The molecule has 2 rings (SSSR count). The van der Waals surface area contributed by atoms with Gasteiger partial charge in [-0.3, -0.25) is 9.80 Å². The number of piperazine rings is 1. The number of hydrogen-bond acceptors (Lipinski definition) is 3. The average Bonchev–Trinajstić information content (AvgIpc) is 2.46. The van der Waals surface area contributed by atoms with Crippen molar-refractivity contribution in [3.05, 3.63) is 35.9 Å². The Labute approximate surface area is 122 Å². The molecule has 1 aromatic carbocycles. The molecule has 0 amide bonds. The lowest BCUT2D eigenvalue weighted by Gasteiger charge is -2.39. The van der Waals surface area contributed by atoms with E-state index in [-0.39, 0.29) is 5.56 Å². The fourth-order valence-corrected chi connectivity index (χ4v) is 2.70. The molecule has 0 aliphatic carbocycles. The molecule has 0 saturated carbocycles. The van der Waals surface area contributed by atoms with Crippen LogP contribution in [0.15, 0.2) is 30.3 Å². The fraction of sp³-hybridized carbons (Fsp3) is 0.533. The Morgan fingerprint density at radius 1 is 1.10 bits per heavy atom. The Balaban J connectivity index is 2.06. The molecule has 1 aromatic rings. The van der Waals surface area contributed by atoms with Gasteiger partial charge in [0.05, 0.1) is 6.07 Å². The Morgan fingerprint density at radius 3 is 2.24 bits per heavy atom. The predicted molar refractivity (Wildman–Crippen MR) is 73.5 cm³/mol. The van der Waals surface area contributed by atoms with Crippen molar-refractivity contribution in [2.24, 2.45) is 0 Å². The van der Waals surface area contributed by atoms with Gasteiger partial charge in [-0.2, -0.15) is 18.4 Å². The zero-order chi connectivity index (χ0) is 15.3. The van der Waals surface area contributed by atoms with Crippen LogP contribution >= 0.6 is 0 Å². The third-order valence-corrected chi connectivity index (χ3v) is 3.74. The standard InChI is InChI=1S/C15H18F3N3/c16-15(17,18)14(13-5-2-1-3-6-13)21-11-9-20(10-12-21)8-4-7-19/h1-3,5-6,14H,4,8-12H2. The summed E-state index contributed by atoms with van der Waals surface area (Å²) in [5, 5.41) is 8.56. The van der Waals surface area contributed by atoms with Gasteiger partial charge in [-0.25, -0.2) is 0 Å². The summed E-state index contributed by atoms with van der Waals surface area (Å²) in [5.41, 5.74) is 0.287. The quantitative estimate of drug-likeness (QED) is 0.856. The van der Waals surface area contributed by atoms with Crippen LogP contribution in [-0.4, -0.2) is 48.7 Å². The zero-order valence-corrected chi connectivity index (χ0v) is 11.7. The fourth-order valence-electron chi connectivity index (χ4n) is 2.70. The van der Waals surface area contributed by atoms with Crippen LogP contribution in [-0.2, 0) is 0 Å². The molecule has 3 nitrogen and oxygen atoms in total. The van der Waals surface area contributed by atoms with Crippen LogP contribution in [0.1, 0.15) is 18.0 Å². The molecule has 6 heteroatoms. The van der Waals surface area contributed by atoms with Gasteiger partial charge in [0.25, 0.3) is 0 Å². The van der Waals surface area contributed by atoms with Gasteiger partial charge in [-0.15, -0.1) is 0 Å². The highest BCUT2D eigenvalue weighted by Gasteiger charge is 2.45. The molecule has 1 aliphatic rings. The SMILES string of the molecule is N#CCCN1CCN(C(c2ccccc2)C(F)(F)F)CC1. The molecular formula is C15H18F3N3. The lowest BCUT2D eigenvalue weighted by atomic mass is 10.0. The van der Waals surface area contributed by atoms with E-state index in [2.05, 4.69) is 6.07 Å². The second-order valence-corrected chi connectivity index (χ2v) is 5.14. The Bertz CT molecular complexity index is 473. The van der Waals surface area contributed by atoms with E-state index in [9.17, 15) is 13.2 Å². The summed E-state index contributed by atoms with van der Waals surface area (Å²) < 4.78 is 40.2. The van der Waals surface area contributed by atoms with Gasteiger partial charge in [-0.05, 0) is 5.56 Å². The number of hydrogen-bond donors (Lipinski definition) is 0. The zero-order valence-electron chi connectivity index (χ0n) is 11.7. The minimum Gasteiger partial charge on any atom is -0.300 e. The second kappa shape index (κ2) is 6.92. The van der Waals surface area contributed by atoms with E-state index in [4.69, 9.17) is 5.26 Å². The molecule has 1 heterocycles. The van der Waals surface area contributed by atoms with E-state index in [0.717, 1.165) is 0 Å². The molecule has 0 radical (unpaired) electrons. The first kappa shape index (κ1) is 15.8. The smallest absolute Gasteiger partial charge is 0.300 e. The maximum Gasteiger partial charge on any atom is 0.408 e. The molecule has 21 heavy (non-hydrogen) atoms. The van der Waals surface area contributed by atoms with Gasteiger partial charge in [0.15, 0.2) is 0 Å². The molecule has 1 saturated heterocycles. The average molecular weight is 297 g/mol. The molecule has 1 unspecified atom stereocenters. The van der Waals surface area contributed by atoms with Crippen molar-refractivity contribution < 1.29 is 13.2 Å². The number of halogens is 3. The van der Waals surface area contributed by atoms with Crippen molar-refractivity contribution in [2.75, 3.05) is 32.7 Å². The minimum absolute atomic E-state index is 0.287. The number of benzene rings is 1. The van der Waals surface area contributed by atoms with Gasteiger partial charge < -0.3 is 0 Å². The largest absolute Gasteiger partial charge is 0.408 e. The van der Waals surface area contributed by atoms with Crippen LogP contribution in [0.3, 0.4) is 0 Å². The molecular weight excluding hydrogens is 279 g/mol. The molecule has 0 spiro atoms. The van der Waals surface area contributed by atoms with E-state index < -0.39 is 12.2 Å². The van der Waals surface area contributed by atoms with Crippen molar-refractivity contribution in [1.82, 2.24) is 9.80 Å². The molecule has 0 bridgehead atoms. The minimum atomic E-state index is -4.28. The summed E-state index contributed by atoms with van der Waals surface area (Å²) in [5.74, 6) is 0. The Hall–Kier alpha value is -1.58. The van der Waals surface area contributed by atoms with Crippen molar-refractivity contribution in [2.45, 2.75) is 18.6 Å². The lowest BCUT2D eigenvalue weighted by molar-refractivity contribution is -0.190. The summed E-state index contributed by atoms with van der Waals surface area (Å²) in [6.07, 6.45) is -3.86. The van der Waals surface area contributed by atoms with Crippen molar-refractivity contribution in [3.63, 3.8) is 0 Å². The lowest BCUT2D eigenvalue weighted by Crippen LogP contribution is -2.50. The number of rotatable bonds is 4. The summed E-state index contributed by atoms with van der Waals surface area (Å²) in [4.78, 5) is 3.52. The van der Waals surface area contributed by atoms with Gasteiger partial charge in [0.2, 0.25) is 0 Å². The van der Waals surface area contributed by atoms with E-state index in [1.807, 2.05) is 4.90 Å². The molecule has 0 N–H and O–H groups in total. The highest BCUT2D eigenvalue weighted by atomic mass is 19.4. The second-order valence-electron chi connectivity index (χ2n) is 5.14. The Morgan fingerprint density at radius 2 is 1.71 bits per heavy atom. The number of nitrogens with zero attached hydrogens (tertiary/aromatic N) is 3. The van der Waals surface area contributed by atoms with E-state index in [0.29, 0.717) is 39.1 Å². The summed E-state index contributed by atoms with van der Waals surface area (Å²) >= 11 is 0. The highest BCUT2D eigenvalue weighted by Crippen LogP contribution is 2.37. The Kier molecular flexibility index (Phi) is 5.21. The first-order valence-corrected chi connectivity index (χ1v) is 6.97. The molecule has 114 valence electrons. The first-order valence-electron chi connectivity index (χ1n) is 6.97.